The third-order valence-corrected chi connectivity index (χ3v) is 3.95. The zero-order valence-electron chi connectivity index (χ0n) is 13.0. The van der Waals surface area contributed by atoms with Gasteiger partial charge in [0, 0.05) is 22.6 Å². The molecule has 0 aliphatic heterocycles. The molecule has 1 aromatic heterocycles. The molecule has 0 spiro atoms. The molecule has 2 rings (SSSR count). The van der Waals surface area contributed by atoms with Crippen molar-refractivity contribution < 1.29 is 0 Å². The van der Waals surface area contributed by atoms with Gasteiger partial charge < -0.3 is 10.7 Å². The van der Waals surface area contributed by atoms with Crippen molar-refractivity contribution in [3.8, 4) is 0 Å². The fourth-order valence-electron chi connectivity index (χ4n) is 2.58. The van der Waals surface area contributed by atoms with E-state index >= 15 is 0 Å². The quantitative estimate of drug-likeness (QED) is 0.822. The van der Waals surface area contributed by atoms with Crippen molar-refractivity contribution in [3.63, 3.8) is 0 Å². The summed E-state index contributed by atoms with van der Waals surface area (Å²) in [4.78, 5) is 3.46. The number of aromatic nitrogens is 1. The average molecular weight is 258 g/mol. The molecule has 1 aromatic carbocycles. The SMILES string of the molecule is Cc1[nH]c2ccc(C(C)(C)C)cc2c1C(N)C(C)C. The van der Waals surface area contributed by atoms with Gasteiger partial charge in [-0.3, -0.25) is 0 Å². The second-order valence-electron chi connectivity index (χ2n) is 6.94. The Bertz CT molecular complexity index is 585. The van der Waals surface area contributed by atoms with Crippen molar-refractivity contribution in [1.29, 1.82) is 0 Å². The van der Waals surface area contributed by atoms with E-state index in [0.717, 1.165) is 0 Å². The first kappa shape index (κ1) is 14.1. The minimum Gasteiger partial charge on any atom is -0.358 e. The number of aryl methyl sites for hydroxylation is 1. The van der Waals surface area contributed by atoms with Gasteiger partial charge in [-0.2, -0.15) is 0 Å². The lowest BCUT2D eigenvalue weighted by molar-refractivity contribution is 0.515. The zero-order chi connectivity index (χ0) is 14.4. The van der Waals surface area contributed by atoms with Crippen LogP contribution in [-0.2, 0) is 5.41 Å². The first-order chi connectivity index (χ1) is 8.71. The van der Waals surface area contributed by atoms with Crippen LogP contribution in [0.15, 0.2) is 18.2 Å². The number of hydrogen-bond acceptors (Lipinski definition) is 1. The third kappa shape index (κ3) is 2.55. The maximum absolute atomic E-state index is 6.39. The zero-order valence-corrected chi connectivity index (χ0v) is 13.0. The molecule has 0 aliphatic rings. The number of hydrogen-bond donors (Lipinski definition) is 2. The number of nitrogens with one attached hydrogen (secondary N) is 1. The first-order valence-corrected chi connectivity index (χ1v) is 7.10. The van der Waals surface area contributed by atoms with E-state index < -0.39 is 0 Å². The van der Waals surface area contributed by atoms with Crippen LogP contribution in [-0.4, -0.2) is 4.98 Å². The lowest BCUT2D eigenvalue weighted by Crippen LogP contribution is -2.17. The molecule has 0 amide bonds. The lowest BCUT2D eigenvalue weighted by Gasteiger charge is -2.20. The van der Waals surface area contributed by atoms with Crippen LogP contribution in [0.3, 0.4) is 0 Å². The summed E-state index contributed by atoms with van der Waals surface area (Å²) in [7, 11) is 0. The van der Waals surface area contributed by atoms with Gasteiger partial charge in [0.05, 0.1) is 0 Å². The summed E-state index contributed by atoms with van der Waals surface area (Å²) in [6, 6.07) is 6.78. The third-order valence-electron chi connectivity index (χ3n) is 3.95. The van der Waals surface area contributed by atoms with Crippen molar-refractivity contribution in [2.24, 2.45) is 11.7 Å². The highest BCUT2D eigenvalue weighted by molar-refractivity contribution is 5.86. The highest BCUT2D eigenvalue weighted by atomic mass is 14.7. The summed E-state index contributed by atoms with van der Waals surface area (Å²) in [6.07, 6.45) is 0. The van der Waals surface area contributed by atoms with Crippen LogP contribution in [0.2, 0.25) is 0 Å². The van der Waals surface area contributed by atoms with E-state index in [2.05, 4.69) is 64.7 Å². The Morgan fingerprint density at radius 3 is 2.32 bits per heavy atom. The largest absolute Gasteiger partial charge is 0.358 e. The van der Waals surface area contributed by atoms with Crippen molar-refractivity contribution in [2.45, 2.75) is 53.0 Å². The average Bonchev–Trinajstić information content (AvgIpc) is 2.61. The van der Waals surface area contributed by atoms with Gasteiger partial charge >= 0.3 is 0 Å². The Morgan fingerprint density at radius 2 is 1.79 bits per heavy atom. The van der Waals surface area contributed by atoms with E-state index in [-0.39, 0.29) is 11.5 Å². The molecule has 2 heteroatoms. The number of H-pyrrole nitrogens is 1. The fourth-order valence-corrected chi connectivity index (χ4v) is 2.58. The van der Waals surface area contributed by atoms with Gasteiger partial charge in [0.1, 0.15) is 0 Å². The summed E-state index contributed by atoms with van der Waals surface area (Å²) in [5.74, 6) is 0.441. The van der Waals surface area contributed by atoms with Gasteiger partial charge in [0.25, 0.3) is 0 Å². The molecular formula is C17H26N2. The van der Waals surface area contributed by atoms with E-state index in [1.807, 2.05) is 0 Å². The van der Waals surface area contributed by atoms with Crippen LogP contribution < -0.4 is 5.73 Å². The Kier molecular flexibility index (Phi) is 3.48. The molecule has 0 fully saturated rings. The monoisotopic (exact) mass is 258 g/mol. The van der Waals surface area contributed by atoms with Crippen LogP contribution >= 0.6 is 0 Å². The standard InChI is InChI=1S/C17H26N2/c1-10(2)16(18)15-11(3)19-14-8-7-12(9-13(14)15)17(4,5)6/h7-10,16,19H,18H2,1-6H3. The van der Waals surface area contributed by atoms with Gasteiger partial charge in [-0.15, -0.1) is 0 Å². The molecule has 1 heterocycles. The molecule has 1 atom stereocenters. The molecule has 0 aliphatic carbocycles. The van der Waals surface area contributed by atoms with Gasteiger partial charge in [-0.1, -0.05) is 40.7 Å². The minimum absolute atomic E-state index is 0.0870. The molecule has 3 N–H and O–H groups in total. The molecule has 0 saturated heterocycles. The molecule has 0 radical (unpaired) electrons. The summed E-state index contributed by atoms with van der Waals surface area (Å²) < 4.78 is 0. The maximum Gasteiger partial charge on any atom is 0.0459 e. The van der Waals surface area contributed by atoms with E-state index in [9.17, 15) is 0 Å². The molecule has 0 saturated carbocycles. The van der Waals surface area contributed by atoms with Crippen molar-refractivity contribution in [1.82, 2.24) is 4.98 Å². The molecule has 2 aromatic rings. The van der Waals surface area contributed by atoms with E-state index in [0.29, 0.717) is 5.92 Å². The number of nitrogens with two attached hydrogens (primary N) is 1. The van der Waals surface area contributed by atoms with Gasteiger partial charge in [0.15, 0.2) is 0 Å². The highest BCUT2D eigenvalue weighted by Crippen LogP contribution is 2.33. The van der Waals surface area contributed by atoms with E-state index in [1.165, 1.54) is 27.7 Å². The normalized spacial score (nSPS) is 14.3. The Balaban J connectivity index is 2.66. The second kappa shape index (κ2) is 4.68. The van der Waals surface area contributed by atoms with Crippen LogP contribution in [0, 0.1) is 12.8 Å². The Morgan fingerprint density at radius 1 is 1.16 bits per heavy atom. The Hall–Kier alpha value is -1.28. The topological polar surface area (TPSA) is 41.8 Å². The predicted molar refractivity (Wildman–Crippen MR) is 83.5 cm³/mol. The van der Waals surface area contributed by atoms with Crippen LogP contribution in [0.25, 0.3) is 10.9 Å². The summed E-state index contributed by atoms with van der Waals surface area (Å²) in [6.45, 7) is 13.2. The molecule has 104 valence electrons. The number of fused-ring (bicyclic) bond motifs is 1. The summed E-state index contributed by atoms with van der Waals surface area (Å²) in [5, 5.41) is 1.28. The molecule has 2 nitrogen and oxygen atoms in total. The van der Waals surface area contributed by atoms with E-state index in [4.69, 9.17) is 5.73 Å². The van der Waals surface area contributed by atoms with Gasteiger partial charge in [-0.05, 0) is 41.5 Å². The van der Waals surface area contributed by atoms with Crippen LogP contribution in [0.1, 0.15) is 57.5 Å². The predicted octanol–water partition coefficient (Wildman–Crippen LogP) is 4.43. The maximum atomic E-state index is 6.39. The van der Waals surface area contributed by atoms with Gasteiger partial charge in [-0.25, -0.2) is 0 Å². The summed E-state index contributed by atoms with van der Waals surface area (Å²) >= 11 is 0. The lowest BCUT2D eigenvalue weighted by atomic mass is 9.85. The van der Waals surface area contributed by atoms with Crippen molar-refractivity contribution >= 4 is 10.9 Å². The molecule has 0 bridgehead atoms. The van der Waals surface area contributed by atoms with E-state index in [1.54, 1.807) is 0 Å². The first-order valence-electron chi connectivity index (χ1n) is 7.10. The van der Waals surface area contributed by atoms with Crippen molar-refractivity contribution in [3.05, 3.63) is 35.0 Å². The molecular weight excluding hydrogens is 232 g/mol. The number of rotatable bonds is 2. The second-order valence-corrected chi connectivity index (χ2v) is 6.94. The number of aromatic amines is 1. The number of benzene rings is 1. The van der Waals surface area contributed by atoms with Gasteiger partial charge in [0.2, 0.25) is 0 Å². The fraction of sp³-hybridized carbons (Fsp3) is 0.529. The van der Waals surface area contributed by atoms with Crippen molar-refractivity contribution in [2.75, 3.05) is 0 Å². The smallest absolute Gasteiger partial charge is 0.0459 e. The molecule has 19 heavy (non-hydrogen) atoms. The van der Waals surface area contributed by atoms with Crippen LogP contribution in [0.4, 0.5) is 0 Å². The summed E-state index contributed by atoms with van der Waals surface area (Å²) in [5.41, 5.74) is 11.6. The molecule has 1 unspecified atom stereocenters. The minimum atomic E-state index is 0.0870. The highest BCUT2D eigenvalue weighted by Gasteiger charge is 2.20. The van der Waals surface area contributed by atoms with Crippen LogP contribution in [0.5, 0.6) is 0 Å². The Labute approximate surface area is 116 Å².